The lowest BCUT2D eigenvalue weighted by atomic mass is 10.1. The molecule has 0 amide bonds. The normalized spacial score (nSPS) is 8.42. The number of benzene rings is 1. The number of halogens is 2. The summed E-state index contributed by atoms with van der Waals surface area (Å²) in [5.41, 5.74) is 6.94. The summed E-state index contributed by atoms with van der Waals surface area (Å²) in [5.74, 6) is 0. The van der Waals surface area contributed by atoms with Crippen LogP contribution >= 0.6 is 28.3 Å². The van der Waals surface area contributed by atoms with Crippen LogP contribution in [-0.4, -0.2) is 0 Å². The van der Waals surface area contributed by atoms with Crippen LogP contribution in [0.4, 0.5) is 0 Å². The number of hydrogen-bond acceptors (Lipinski definition) is 2. The lowest BCUT2D eigenvalue weighted by Crippen LogP contribution is -1.98. The number of rotatable bonds is 1. The first-order valence-corrected chi connectivity index (χ1v) is 3.96. The van der Waals surface area contributed by atoms with Gasteiger partial charge in [0.15, 0.2) is 0 Å². The van der Waals surface area contributed by atoms with Gasteiger partial charge in [-0.25, -0.2) is 0 Å². The Morgan fingerprint density at radius 2 is 2.17 bits per heavy atom. The zero-order valence-corrected chi connectivity index (χ0v) is 8.65. The highest BCUT2D eigenvalue weighted by Crippen LogP contribution is 2.15. The van der Waals surface area contributed by atoms with Crippen molar-refractivity contribution in [1.29, 1.82) is 5.26 Å². The van der Waals surface area contributed by atoms with E-state index < -0.39 is 0 Å². The molecule has 0 saturated heterocycles. The maximum absolute atomic E-state index is 8.65. The van der Waals surface area contributed by atoms with Crippen LogP contribution in [0.1, 0.15) is 11.1 Å². The van der Waals surface area contributed by atoms with Gasteiger partial charge in [-0.15, -0.1) is 12.4 Å². The van der Waals surface area contributed by atoms with E-state index in [1.54, 1.807) is 6.07 Å². The minimum atomic E-state index is 0. The van der Waals surface area contributed by atoms with E-state index in [1.807, 2.05) is 12.1 Å². The Labute approximate surface area is 85.9 Å². The van der Waals surface area contributed by atoms with Gasteiger partial charge in [0.05, 0.1) is 11.6 Å². The van der Waals surface area contributed by atoms with Crippen LogP contribution in [0.2, 0.25) is 0 Å². The van der Waals surface area contributed by atoms with Crippen LogP contribution in [0.3, 0.4) is 0 Å². The monoisotopic (exact) mass is 246 g/mol. The molecule has 0 spiro atoms. The standard InChI is InChI=1S/C8H7BrN2.ClH/c9-8-2-1-6(4-10)7(3-8)5-11;/h1-3H,4,10H2;1H. The predicted molar refractivity (Wildman–Crippen MR) is 54.0 cm³/mol. The summed E-state index contributed by atoms with van der Waals surface area (Å²) in [6, 6.07) is 7.57. The van der Waals surface area contributed by atoms with Crippen molar-refractivity contribution in [3.8, 4) is 6.07 Å². The van der Waals surface area contributed by atoms with Crippen LogP contribution in [0, 0.1) is 11.3 Å². The van der Waals surface area contributed by atoms with Crippen molar-refractivity contribution in [2.24, 2.45) is 5.73 Å². The van der Waals surface area contributed by atoms with Crippen LogP contribution in [0.25, 0.3) is 0 Å². The first-order valence-electron chi connectivity index (χ1n) is 3.16. The van der Waals surface area contributed by atoms with Crippen molar-refractivity contribution in [3.63, 3.8) is 0 Å². The molecule has 2 nitrogen and oxygen atoms in total. The van der Waals surface area contributed by atoms with Gasteiger partial charge in [-0.1, -0.05) is 22.0 Å². The van der Waals surface area contributed by atoms with Gasteiger partial charge >= 0.3 is 0 Å². The maximum Gasteiger partial charge on any atom is 0.0995 e. The summed E-state index contributed by atoms with van der Waals surface area (Å²) in [6.07, 6.45) is 0. The van der Waals surface area contributed by atoms with Gasteiger partial charge in [0.1, 0.15) is 0 Å². The number of nitrogens with zero attached hydrogens (tertiary/aromatic N) is 1. The lowest BCUT2D eigenvalue weighted by molar-refractivity contribution is 1.06. The van der Waals surface area contributed by atoms with Crippen molar-refractivity contribution in [1.82, 2.24) is 0 Å². The van der Waals surface area contributed by atoms with E-state index in [4.69, 9.17) is 11.0 Å². The molecule has 2 N–H and O–H groups in total. The molecule has 1 aromatic rings. The molecule has 0 radical (unpaired) electrons. The van der Waals surface area contributed by atoms with Crippen LogP contribution in [-0.2, 0) is 6.54 Å². The molecular formula is C8H8BrClN2. The minimum absolute atomic E-state index is 0. The van der Waals surface area contributed by atoms with E-state index in [2.05, 4.69) is 22.0 Å². The van der Waals surface area contributed by atoms with Gasteiger partial charge in [-0.3, -0.25) is 0 Å². The number of hydrogen-bond donors (Lipinski definition) is 1. The van der Waals surface area contributed by atoms with Crippen molar-refractivity contribution in [2.45, 2.75) is 6.54 Å². The van der Waals surface area contributed by atoms with E-state index in [0.29, 0.717) is 12.1 Å². The minimum Gasteiger partial charge on any atom is -0.326 e. The fourth-order valence-electron chi connectivity index (χ4n) is 0.831. The molecule has 64 valence electrons. The SMILES string of the molecule is Cl.N#Cc1cc(Br)ccc1CN. The summed E-state index contributed by atoms with van der Waals surface area (Å²) in [5, 5.41) is 8.65. The summed E-state index contributed by atoms with van der Waals surface area (Å²) in [6.45, 7) is 0.413. The van der Waals surface area contributed by atoms with Gasteiger partial charge in [-0.05, 0) is 17.7 Å². The molecule has 0 aliphatic heterocycles. The molecule has 1 aromatic carbocycles. The zero-order chi connectivity index (χ0) is 8.27. The van der Waals surface area contributed by atoms with Crippen LogP contribution < -0.4 is 5.73 Å². The topological polar surface area (TPSA) is 49.8 Å². The molecule has 0 aromatic heterocycles. The van der Waals surface area contributed by atoms with Gasteiger partial charge in [0, 0.05) is 11.0 Å². The lowest BCUT2D eigenvalue weighted by Gasteiger charge is -1.99. The first kappa shape index (κ1) is 11.4. The van der Waals surface area contributed by atoms with Crippen LogP contribution in [0.15, 0.2) is 22.7 Å². The second-order valence-electron chi connectivity index (χ2n) is 2.12. The van der Waals surface area contributed by atoms with Crippen molar-refractivity contribution < 1.29 is 0 Å². The van der Waals surface area contributed by atoms with E-state index in [-0.39, 0.29) is 12.4 Å². The van der Waals surface area contributed by atoms with E-state index in [0.717, 1.165) is 10.0 Å². The Hall–Kier alpha value is -0.560. The molecule has 4 heteroatoms. The smallest absolute Gasteiger partial charge is 0.0995 e. The molecule has 1 rings (SSSR count). The van der Waals surface area contributed by atoms with E-state index in [1.165, 1.54) is 0 Å². The third-order valence-corrected chi connectivity index (χ3v) is 1.91. The largest absolute Gasteiger partial charge is 0.326 e. The van der Waals surface area contributed by atoms with Gasteiger partial charge in [0.25, 0.3) is 0 Å². The summed E-state index contributed by atoms with van der Waals surface area (Å²) >= 11 is 3.27. The average molecular weight is 248 g/mol. The highest BCUT2D eigenvalue weighted by atomic mass is 79.9. The molecule has 0 aliphatic carbocycles. The first-order chi connectivity index (χ1) is 5.27. The molecule has 0 bridgehead atoms. The van der Waals surface area contributed by atoms with Crippen molar-refractivity contribution in [3.05, 3.63) is 33.8 Å². The second-order valence-corrected chi connectivity index (χ2v) is 3.03. The number of nitriles is 1. The Balaban J connectivity index is 0.00000121. The number of nitrogens with two attached hydrogens (primary N) is 1. The quantitative estimate of drug-likeness (QED) is 0.827. The molecule has 0 fully saturated rings. The fraction of sp³-hybridized carbons (Fsp3) is 0.125. The van der Waals surface area contributed by atoms with Crippen LogP contribution in [0.5, 0.6) is 0 Å². The van der Waals surface area contributed by atoms with Gasteiger partial charge in [0.2, 0.25) is 0 Å². The molecule has 0 heterocycles. The Bertz CT molecular complexity index is 306. The molecule has 0 atom stereocenters. The third kappa shape index (κ3) is 2.49. The highest BCUT2D eigenvalue weighted by Gasteiger charge is 1.98. The van der Waals surface area contributed by atoms with Crippen molar-refractivity contribution in [2.75, 3.05) is 0 Å². The van der Waals surface area contributed by atoms with E-state index in [9.17, 15) is 0 Å². The second kappa shape index (κ2) is 5.15. The molecule has 12 heavy (non-hydrogen) atoms. The molecule has 0 saturated carbocycles. The molecule has 0 unspecified atom stereocenters. The molecular weight excluding hydrogens is 239 g/mol. The van der Waals surface area contributed by atoms with Crippen molar-refractivity contribution >= 4 is 28.3 Å². The molecule has 0 aliphatic rings. The highest BCUT2D eigenvalue weighted by molar-refractivity contribution is 9.10. The third-order valence-electron chi connectivity index (χ3n) is 1.41. The van der Waals surface area contributed by atoms with Gasteiger partial charge in [-0.2, -0.15) is 5.26 Å². The summed E-state index contributed by atoms with van der Waals surface area (Å²) in [4.78, 5) is 0. The van der Waals surface area contributed by atoms with Gasteiger partial charge < -0.3 is 5.73 Å². The summed E-state index contributed by atoms with van der Waals surface area (Å²) < 4.78 is 0.909. The fourth-order valence-corrected chi connectivity index (χ4v) is 1.19. The maximum atomic E-state index is 8.65. The average Bonchev–Trinajstić information content (AvgIpc) is 2.04. The Morgan fingerprint density at radius 3 is 2.67 bits per heavy atom. The zero-order valence-electron chi connectivity index (χ0n) is 6.25. The Morgan fingerprint density at radius 1 is 1.50 bits per heavy atom. The Kier molecular flexibility index (Phi) is 4.91. The summed E-state index contributed by atoms with van der Waals surface area (Å²) in [7, 11) is 0. The van der Waals surface area contributed by atoms with E-state index >= 15 is 0 Å². The predicted octanol–water partition coefficient (Wildman–Crippen LogP) is 2.20.